The van der Waals surface area contributed by atoms with Crippen molar-refractivity contribution in [2.24, 2.45) is 7.05 Å². The molecule has 0 unspecified atom stereocenters. The van der Waals surface area contributed by atoms with Gasteiger partial charge in [0.1, 0.15) is 6.26 Å². The van der Waals surface area contributed by atoms with E-state index in [-0.39, 0.29) is 12.1 Å². The minimum absolute atomic E-state index is 0.0174. The van der Waals surface area contributed by atoms with Gasteiger partial charge in [0.2, 0.25) is 0 Å². The van der Waals surface area contributed by atoms with Crippen molar-refractivity contribution in [3.8, 4) is 0 Å². The Morgan fingerprint density at radius 3 is 2.60 bits per heavy atom. The van der Waals surface area contributed by atoms with Crippen LogP contribution in [0.5, 0.6) is 0 Å². The maximum atomic E-state index is 12.6. The summed E-state index contributed by atoms with van der Waals surface area (Å²) in [4.78, 5) is 16.7. The number of aryl methyl sites for hydroxylation is 2. The van der Waals surface area contributed by atoms with Gasteiger partial charge in [-0.25, -0.2) is 4.79 Å². The summed E-state index contributed by atoms with van der Waals surface area (Å²) in [7, 11) is 1.93. The Balaban J connectivity index is 1.52. The monoisotopic (exact) mass is 346 g/mol. The molecule has 0 radical (unpaired) electrons. The van der Waals surface area contributed by atoms with Crippen molar-refractivity contribution in [1.82, 2.24) is 30.1 Å². The van der Waals surface area contributed by atoms with Crippen molar-refractivity contribution < 1.29 is 9.32 Å². The van der Waals surface area contributed by atoms with Gasteiger partial charge in [-0.1, -0.05) is 5.16 Å². The smallest absolute Gasteiger partial charge is 0.317 e. The average Bonchev–Trinajstić information content (AvgIpc) is 3.16. The van der Waals surface area contributed by atoms with E-state index in [2.05, 4.69) is 20.5 Å². The van der Waals surface area contributed by atoms with Crippen LogP contribution in [0.4, 0.5) is 4.79 Å². The number of piperazine rings is 1. The highest BCUT2D eigenvalue weighted by Crippen LogP contribution is 2.21. The van der Waals surface area contributed by atoms with Crippen molar-refractivity contribution >= 4 is 6.03 Å². The Morgan fingerprint density at radius 2 is 2.04 bits per heavy atom. The van der Waals surface area contributed by atoms with Crippen LogP contribution in [-0.2, 0) is 13.6 Å². The molecule has 8 nitrogen and oxygen atoms in total. The molecule has 1 aliphatic heterocycles. The van der Waals surface area contributed by atoms with Crippen molar-refractivity contribution in [3.05, 3.63) is 35.0 Å². The molecule has 1 fully saturated rings. The average molecular weight is 346 g/mol. The molecule has 136 valence electrons. The molecule has 8 heteroatoms. The number of carbonyl (C=O) groups excluding carboxylic acids is 1. The lowest BCUT2D eigenvalue weighted by molar-refractivity contribution is 0.132. The fourth-order valence-electron chi connectivity index (χ4n) is 3.42. The second-order valence-corrected chi connectivity index (χ2v) is 6.63. The second-order valence-electron chi connectivity index (χ2n) is 6.63. The number of urea groups is 1. The summed E-state index contributed by atoms with van der Waals surface area (Å²) in [6, 6.07) is 1.80. The quantitative estimate of drug-likeness (QED) is 0.910. The minimum Gasteiger partial charge on any atom is -0.364 e. The number of rotatable bonds is 4. The van der Waals surface area contributed by atoms with Crippen molar-refractivity contribution in [1.29, 1.82) is 0 Å². The van der Waals surface area contributed by atoms with E-state index in [9.17, 15) is 4.79 Å². The van der Waals surface area contributed by atoms with Crippen molar-refractivity contribution in [2.45, 2.75) is 33.4 Å². The fraction of sp³-hybridized carbons (Fsp3) is 0.588. The molecule has 1 saturated heterocycles. The molecule has 0 spiro atoms. The molecular formula is C17H26N6O2. The largest absolute Gasteiger partial charge is 0.364 e. The fourth-order valence-corrected chi connectivity index (χ4v) is 3.42. The predicted molar refractivity (Wildman–Crippen MR) is 93.0 cm³/mol. The van der Waals surface area contributed by atoms with Gasteiger partial charge in [0.25, 0.3) is 0 Å². The standard InChI is InChI=1S/C17H26N6O2/c1-12(16-13(2)19-21(4)14(16)3)18-17(24)23-8-6-22(7-9-23)11-15-5-10-25-20-15/h5,10,12H,6-9,11H2,1-4H3,(H,18,24)/t12-/m0/s1. The van der Waals surface area contributed by atoms with Crippen molar-refractivity contribution in [2.75, 3.05) is 26.2 Å². The first-order valence-corrected chi connectivity index (χ1v) is 8.63. The number of hydrogen-bond donors (Lipinski definition) is 1. The zero-order chi connectivity index (χ0) is 18.0. The van der Waals surface area contributed by atoms with Gasteiger partial charge in [-0.2, -0.15) is 5.10 Å². The maximum absolute atomic E-state index is 12.6. The van der Waals surface area contributed by atoms with Crippen LogP contribution in [-0.4, -0.2) is 56.9 Å². The zero-order valence-electron chi connectivity index (χ0n) is 15.3. The molecule has 1 aliphatic rings. The van der Waals surface area contributed by atoms with Crippen LogP contribution < -0.4 is 5.32 Å². The lowest BCUT2D eigenvalue weighted by atomic mass is 10.1. The first kappa shape index (κ1) is 17.5. The summed E-state index contributed by atoms with van der Waals surface area (Å²) >= 11 is 0. The molecule has 2 aromatic heterocycles. The molecular weight excluding hydrogens is 320 g/mol. The van der Waals surface area contributed by atoms with E-state index in [1.165, 1.54) is 0 Å². The first-order chi connectivity index (χ1) is 12.0. The van der Waals surface area contributed by atoms with Crippen LogP contribution in [0.15, 0.2) is 16.9 Å². The summed E-state index contributed by atoms with van der Waals surface area (Å²) < 4.78 is 6.72. The predicted octanol–water partition coefficient (Wildman–Crippen LogP) is 1.61. The zero-order valence-corrected chi connectivity index (χ0v) is 15.3. The van der Waals surface area contributed by atoms with Crippen LogP contribution in [0.3, 0.4) is 0 Å². The van der Waals surface area contributed by atoms with Crippen LogP contribution in [0.25, 0.3) is 0 Å². The molecule has 0 aliphatic carbocycles. The normalized spacial score (nSPS) is 16.9. The van der Waals surface area contributed by atoms with Crippen LogP contribution in [0.2, 0.25) is 0 Å². The van der Waals surface area contributed by atoms with E-state index in [1.807, 2.05) is 43.5 Å². The van der Waals surface area contributed by atoms with E-state index in [1.54, 1.807) is 6.26 Å². The van der Waals surface area contributed by atoms with E-state index < -0.39 is 0 Å². The maximum Gasteiger partial charge on any atom is 0.317 e. The first-order valence-electron chi connectivity index (χ1n) is 8.63. The Labute approximate surface area is 147 Å². The van der Waals surface area contributed by atoms with Gasteiger partial charge in [0, 0.05) is 57.1 Å². The van der Waals surface area contributed by atoms with Gasteiger partial charge in [-0.15, -0.1) is 0 Å². The number of nitrogens with zero attached hydrogens (tertiary/aromatic N) is 5. The highest BCUT2D eigenvalue weighted by molar-refractivity contribution is 5.75. The van der Waals surface area contributed by atoms with Gasteiger partial charge in [-0.3, -0.25) is 9.58 Å². The van der Waals surface area contributed by atoms with Crippen LogP contribution >= 0.6 is 0 Å². The van der Waals surface area contributed by atoms with Gasteiger partial charge >= 0.3 is 6.03 Å². The number of aromatic nitrogens is 3. The molecule has 3 rings (SSSR count). The van der Waals surface area contributed by atoms with Crippen LogP contribution in [0.1, 0.15) is 35.6 Å². The molecule has 3 heterocycles. The molecule has 0 aromatic carbocycles. The third-order valence-electron chi connectivity index (χ3n) is 4.87. The minimum atomic E-state index is -0.0608. The Hall–Kier alpha value is -2.35. The van der Waals surface area contributed by atoms with Gasteiger partial charge < -0.3 is 14.7 Å². The Kier molecular flexibility index (Phi) is 5.08. The summed E-state index contributed by atoms with van der Waals surface area (Å²) in [6.07, 6.45) is 1.59. The van der Waals surface area contributed by atoms with Crippen LogP contribution in [0, 0.1) is 13.8 Å². The Morgan fingerprint density at radius 1 is 1.32 bits per heavy atom. The molecule has 0 bridgehead atoms. The van der Waals surface area contributed by atoms with Gasteiger partial charge in [0.15, 0.2) is 0 Å². The number of hydrogen-bond acceptors (Lipinski definition) is 5. The number of amides is 2. The summed E-state index contributed by atoms with van der Waals surface area (Å²) in [5.41, 5.74) is 4.07. The van der Waals surface area contributed by atoms with E-state index in [0.29, 0.717) is 13.1 Å². The molecule has 1 atom stereocenters. The topological polar surface area (TPSA) is 79.4 Å². The number of carbonyl (C=O) groups is 1. The molecule has 2 aromatic rings. The second kappa shape index (κ2) is 7.26. The summed E-state index contributed by atoms with van der Waals surface area (Å²) in [6.45, 7) is 9.86. The molecule has 0 saturated carbocycles. The summed E-state index contributed by atoms with van der Waals surface area (Å²) in [5, 5.41) is 11.5. The van der Waals surface area contributed by atoms with Gasteiger partial charge in [-0.05, 0) is 20.8 Å². The highest BCUT2D eigenvalue weighted by atomic mass is 16.5. The summed E-state index contributed by atoms with van der Waals surface area (Å²) in [5.74, 6) is 0. The van der Waals surface area contributed by atoms with Gasteiger partial charge in [0.05, 0.1) is 17.4 Å². The van der Waals surface area contributed by atoms with E-state index in [0.717, 1.165) is 42.3 Å². The highest BCUT2D eigenvalue weighted by Gasteiger charge is 2.24. The molecule has 2 amide bonds. The Bertz CT molecular complexity index is 716. The molecule has 25 heavy (non-hydrogen) atoms. The molecule has 1 N–H and O–H groups in total. The third-order valence-corrected chi connectivity index (χ3v) is 4.87. The lowest BCUT2D eigenvalue weighted by Crippen LogP contribution is -2.51. The van der Waals surface area contributed by atoms with E-state index >= 15 is 0 Å². The number of nitrogens with one attached hydrogen (secondary N) is 1. The SMILES string of the molecule is Cc1nn(C)c(C)c1[C@H](C)NC(=O)N1CCN(Cc2ccon2)CC1. The third kappa shape index (κ3) is 3.84. The van der Waals surface area contributed by atoms with E-state index in [4.69, 9.17) is 4.52 Å². The lowest BCUT2D eigenvalue weighted by Gasteiger charge is -2.34. The van der Waals surface area contributed by atoms with Crippen molar-refractivity contribution in [3.63, 3.8) is 0 Å².